The second-order valence-electron chi connectivity index (χ2n) is 6.07. The lowest BCUT2D eigenvalue weighted by atomic mass is 9.87. The van der Waals surface area contributed by atoms with Crippen LogP contribution in [0.5, 0.6) is 0 Å². The van der Waals surface area contributed by atoms with E-state index in [0.29, 0.717) is 5.92 Å². The standard InChI is InChI=1S/C13H30N2/c1-9-12(3,4)14-10-11(2)13(5,6)15(7)8/h11,14H,9-10H2,1-8H3. The van der Waals surface area contributed by atoms with Crippen LogP contribution in [-0.4, -0.2) is 36.6 Å². The summed E-state index contributed by atoms with van der Waals surface area (Å²) in [5.74, 6) is 0.637. The molecule has 2 heteroatoms. The lowest BCUT2D eigenvalue weighted by Gasteiger charge is -2.40. The van der Waals surface area contributed by atoms with Crippen molar-refractivity contribution in [1.82, 2.24) is 10.2 Å². The van der Waals surface area contributed by atoms with Crippen molar-refractivity contribution in [3.8, 4) is 0 Å². The molecule has 0 aromatic heterocycles. The summed E-state index contributed by atoms with van der Waals surface area (Å²) in [6.07, 6.45) is 1.17. The van der Waals surface area contributed by atoms with Gasteiger partial charge in [0, 0.05) is 11.1 Å². The molecule has 0 heterocycles. The minimum absolute atomic E-state index is 0.247. The Morgan fingerprint density at radius 2 is 1.60 bits per heavy atom. The van der Waals surface area contributed by atoms with E-state index in [0.717, 1.165) is 6.54 Å². The van der Waals surface area contributed by atoms with E-state index in [4.69, 9.17) is 0 Å². The molecule has 92 valence electrons. The summed E-state index contributed by atoms with van der Waals surface area (Å²) in [6, 6.07) is 0. The molecular formula is C13H30N2. The van der Waals surface area contributed by atoms with Crippen LogP contribution >= 0.6 is 0 Å². The van der Waals surface area contributed by atoms with Crippen molar-refractivity contribution in [2.75, 3.05) is 20.6 Å². The summed E-state index contributed by atoms with van der Waals surface area (Å²) < 4.78 is 0. The zero-order valence-electron chi connectivity index (χ0n) is 11.9. The van der Waals surface area contributed by atoms with E-state index < -0.39 is 0 Å². The molecule has 0 bridgehead atoms. The third-order valence-electron chi connectivity index (χ3n) is 4.13. The maximum atomic E-state index is 3.64. The first-order valence-corrected chi connectivity index (χ1v) is 6.06. The Kier molecular flexibility index (Phi) is 5.28. The topological polar surface area (TPSA) is 15.3 Å². The van der Waals surface area contributed by atoms with Gasteiger partial charge in [-0.1, -0.05) is 13.8 Å². The molecule has 1 N–H and O–H groups in total. The molecule has 1 atom stereocenters. The maximum Gasteiger partial charge on any atom is 0.0184 e. The van der Waals surface area contributed by atoms with Gasteiger partial charge >= 0.3 is 0 Å². The maximum absolute atomic E-state index is 3.64. The summed E-state index contributed by atoms with van der Waals surface area (Å²) in [5, 5.41) is 3.64. The zero-order chi connectivity index (χ0) is 12.3. The molecule has 0 fully saturated rings. The van der Waals surface area contributed by atoms with Crippen molar-refractivity contribution in [2.45, 2.75) is 59.0 Å². The van der Waals surface area contributed by atoms with E-state index in [1.165, 1.54) is 6.42 Å². The molecule has 0 spiro atoms. The van der Waals surface area contributed by atoms with Gasteiger partial charge in [0.05, 0.1) is 0 Å². The number of nitrogens with one attached hydrogen (secondary N) is 1. The summed E-state index contributed by atoms with van der Waals surface area (Å²) in [6.45, 7) is 14.8. The molecule has 0 amide bonds. The van der Waals surface area contributed by atoms with Crippen molar-refractivity contribution >= 4 is 0 Å². The minimum Gasteiger partial charge on any atom is -0.311 e. The van der Waals surface area contributed by atoms with Gasteiger partial charge in [-0.05, 0) is 60.7 Å². The fourth-order valence-electron chi connectivity index (χ4n) is 1.24. The molecule has 1 unspecified atom stereocenters. The molecule has 2 nitrogen and oxygen atoms in total. The lowest BCUT2D eigenvalue weighted by molar-refractivity contribution is 0.118. The van der Waals surface area contributed by atoms with Crippen LogP contribution < -0.4 is 5.32 Å². The average molecular weight is 214 g/mol. The predicted molar refractivity (Wildman–Crippen MR) is 69.3 cm³/mol. The van der Waals surface area contributed by atoms with Crippen molar-refractivity contribution < 1.29 is 0 Å². The van der Waals surface area contributed by atoms with E-state index in [2.05, 4.69) is 65.9 Å². The van der Waals surface area contributed by atoms with Crippen molar-refractivity contribution in [2.24, 2.45) is 5.92 Å². The predicted octanol–water partition coefficient (Wildman–Crippen LogP) is 2.74. The lowest BCUT2D eigenvalue weighted by Crippen LogP contribution is -2.50. The highest BCUT2D eigenvalue weighted by Gasteiger charge is 2.28. The van der Waals surface area contributed by atoms with Crippen LogP contribution in [0.25, 0.3) is 0 Å². The summed E-state index contributed by atoms with van der Waals surface area (Å²) in [5.41, 5.74) is 0.507. The molecule has 0 aliphatic rings. The fraction of sp³-hybridized carbons (Fsp3) is 1.00. The Morgan fingerprint density at radius 1 is 1.13 bits per heavy atom. The number of hydrogen-bond acceptors (Lipinski definition) is 2. The first-order valence-electron chi connectivity index (χ1n) is 6.06. The van der Waals surface area contributed by atoms with Crippen LogP contribution in [0.2, 0.25) is 0 Å². The van der Waals surface area contributed by atoms with Crippen LogP contribution in [0.3, 0.4) is 0 Å². The Labute approximate surface area is 96.4 Å². The van der Waals surface area contributed by atoms with Crippen molar-refractivity contribution in [3.05, 3.63) is 0 Å². The van der Waals surface area contributed by atoms with Crippen LogP contribution in [0.15, 0.2) is 0 Å². The summed E-state index contributed by atoms with van der Waals surface area (Å²) >= 11 is 0. The average Bonchev–Trinajstić information content (AvgIpc) is 2.14. The van der Waals surface area contributed by atoms with Crippen molar-refractivity contribution in [3.63, 3.8) is 0 Å². The van der Waals surface area contributed by atoms with Gasteiger partial charge in [-0.3, -0.25) is 0 Å². The SMILES string of the molecule is CCC(C)(C)NCC(C)C(C)(C)N(C)C. The monoisotopic (exact) mass is 214 g/mol. The van der Waals surface area contributed by atoms with Crippen molar-refractivity contribution in [1.29, 1.82) is 0 Å². The molecule has 0 aromatic rings. The van der Waals surface area contributed by atoms with Gasteiger partial charge in [-0.25, -0.2) is 0 Å². The Bertz CT molecular complexity index is 183. The smallest absolute Gasteiger partial charge is 0.0184 e. The van der Waals surface area contributed by atoms with Gasteiger partial charge in [0.25, 0.3) is 0 Å². The highest BCUT2D eigenvalue weighted by atomic mass is 15.1. The highest BCUT2D eigenvalue weighted by Crippen LogP contribution is 2.21. The molecule has 0 aliphatic heterocycles. The molecular weight excluding hydrogens is 184 g/mol. The highest BCUT2D eigenvalue weighted by molar-refractivity contribution is 4.86. The van der Waals surface area contributed by atoms with Gasteiger partial charge in [0.1, 0.15) is 0 Å². The quantitative estimate of drug-likeness (QED) is 0.731. The Balaban J connectivity index is 4.20. The first-order chi connectivity index (χ1) is 6.63. The number of hydrogen-bond donors (Lipinski definition) is 1. The van der Waals surface area contributed by atoms with Gasteiger partial charge in [-0.2, -0.15) is 0 Å². The van der Waals surface area contributed by atoms with Crippen LogP contribution in [0, 0.1) is 5.92 Å². The molecule has 0 radical (unpaired) electrons. The van der Waals surface area contributed by atoms with Crippen LogP contribution in [-0.2, 0) is 0 Å². The third-order valence-corrected chi connectivity index (χ3v) is 4.13. The normalized spacial score (nSPS) is 15.8. The van der Waals surface area contributed by atoms with Gasteiger partial charge in [0.15, 0.2) is 0 Å². The minimum atomic E-state index is 0.247. The van der Waals surface area contributed by atoms with Crippen LogP contribution in [0.4, 0.5) is 0 Å². The largest absolute Gasteiger partial charge is 0.311 e. The molecule has 0 rings (SSSR count). The Morgan fingerprint density at radius 3 is 1.93 bits per heavy atom. The van der Waals surface area contributed by atoms with Gasteiger partial charge in [0.2, 0.25) is 0 Å². The van der Waals surface area contributed by atoms with Gasteiger partial charge in [-0.15, -0.1) is 0 Å². The van der Waals surface area contributed by atoms with E-state index >= 15 is 0 Å². The van der Waals surface area contributed by atoms with E-state index in [1.54, 1.807) is 0 Å². The Hall–Kier alpha value is -0.0800. The summed E-state index contributed by atoms with van der Waals surface area (Å²) in [4.78, 5) is 2.30. The second kappa shape index (κ2) is 5.31. The fourth-order valence-corrected chi connectivity index (χ4v) is 1.24. The number of nitrogens with zero attached hydrogens (tertiary/aromatic N) is 1. The van der Waals surface area contributed by atoms with Crippen LogP contribution in [0.1, 0.15) is 48.0 Å². The van der Waals surface area contributed by atoms with E-state index in [1.807, 2.05) is 0 Å². The third kappa shape index (κ3) is 4.52. The molecule has 0 saturated heterocycles. The number of rotatable bonds is 6. The molecule has 0 aliphatic carbocycles. The van der Waals surface area contributed by atoms with E-state index in [-0.39, 0.29) is 11.1 Å². The van der Waals surface area contributed by atoms with E-state index in [9.17, 15) is 0 Å². The summed E-state index contributed by atoms with van der Waals surface area (Å²) in [7, 11) is 4.31. The molecule has 0 aromatic carbocycles. The van der Waals surface area contributed by atoms with Gasteiger partial charge < -0.3 is 10.2 Å². The molecule has 0 saturated carbocycles. The zero-order valence-corrected chi connectivity index (χ0v) is 11.9. The molecule has 15 heavy (non-hydrogen) atoms. The first kappa shape index (κ1) is 14.9. The second-order valence-corrected chi connectivity index (χ2v) is 6.07.